The zero-order chi connectivity index (χ0) is 21.7. The second-order valence-corrected chi connectivity index (χ2v) is 7.48. The van der Waals surface area contributed by atoms with E-state index in [4.69, 9.17) is 11.6 Å². The molecule has 30 heavy (non-hydrogen) atoms. The van der Waals surface area contributed by atoms with Gasteiger partial charge in [-0.3, -0.25) is 4.79 Å². The van der Waals surface area contributed by atoms with Gasteiger partial charge in [-0.2, -0.15) is 0 Å². The van der Waals surface area contributed by atoms with Crippen LogP contribution in [-0.2, 0) is 0 Å². The largest absolute Gasteiger partial charge is 0.396 e. The lowest BCUT2D eigenvalue weighted by molar-refractivity contribution is 0.0930. The second-order valence-electron chi connectivity index (χ2n) is 7.07. The lowest BCUT2D eigenvalue weighted by Gasteiger charge is -2.19. The zero-order valence-corrected chi connectivity index (χ0v) is 17.2. The SMILES string of the molecule is C[C@@H](CO)Nc1cc2cc(C(=O)N[C@H](CCO)c3ccc(Cl)c(F)c3)ccc2cn1. The second kappa shape index (κ2) is 9.84. The van der Waals surface area contributed by atoms with Crippen LogP contribution in [-0.4, -0.2) is 40.4 Å². The minimum Gasteiger partial charge on any atom is -0.396 e. The van der Waals surface area contributed by atoms with E-state index in [9.17, 15) is 19.4 Å². The van der Waals surface area contributed by atoms with Crippen molar-refractivity contribution in [1.29, 1.82) is 0 Å². The van der Waals surface area contributed by atoms with Crippen molar-refractivity contribution in [2.45, 2.75) is 25.4 Å². The predicted molar refractivity (Wildman–Crippen MR) is 115 cm³/mol. The van der Waals surface area contributed by atoms with Crippen LogP contribution in [0.25, 0.3) is 10.8 Å². The summed E-state index contributed by atoms with van der Waals surface area (Å²) in [5.74, 6) is -0.334. The summed E-state index contributed by atoms with van der Waals surface area (Å²) in [5, 5.41) is 26.1. The molecule has 3 rings (SSSR count). The van der Waals surface area contributed by atoms with Gasteiger partial charge in [0.15, 0.2) is 0 Å². The number of amides is 1. The zero-order valence-electron chi connectivity index (χ0n) is 16.4. The van der Waals surface area contributed by atoms with Crippen LogP contribution in [0.2, 0.25) is 5.02 Å². The maximum atomic E-state index is 13.8. The molecule has 0 saturated heterocycles. The van der Waals surface area contributed by atoms with Crippen molar-refractivity contribution >= 4 is 34.1 Å². The van der Waals surface area contributed by atoms with Crippen molar-refractivity contribution in [3.8, 4) is 0 Å². The molecule has 0 aliphatic carbocycles. The van der Waals surface area contributed by atoms with E-state index in [2.05, 4.69) is 15.6 Å². The summed E-state index contributed by atoms with van der Waals surface area (Å²) < 4.78 is 13.8. The van der Waals surface area contributed by atoms with Crippen LogP contribution < -0.4 is 10.6 Å². The summed E-state index contributed by atoms with van der Waals surface area (Å²) in [4.78, 5) is 17.1. The van der Waals surface area contributed by atoms with Crippen molar-refractivity contribution in [1.82, 2.24) is 10.3 Å². The van der Waals surface area contributed by atoms with Gasteiger partial charge in [0, 0.05) is 29.8 Å². The molecule has 2 aromatic carbocycles. The van der Waals surface area contributed by atoms with Gasteiger partial charge in [-0.05, 0) is 54.6 Å². The van der Waals surface area contributed by atoms with E-state index in [0.29, 0.717) is 16.9 Å². The topological polar surface area (TPSA) is 94.5 Å². The molecule has 1 aromatic heterocycles. The van der Waals surface area contributed by atoms with E-state index in [1.54, 1.807) is 36.5 Å². The predicted octanol–water partition coefficient (Wildman–Crippen LogP) is 3.67. The Kier molecular flexibility index (Phi) is 7.20. The average molecular weight is 432 g/mol. The summed E-state index contributed by atoms with van der Waals surface area (Å²) >= 11 is 5.74. The highest BCUT2D eigenvalue weighted by Gasteiger charge is 2.17. The Labute approximate surface area is 178 Å². The number of nitrogens with one attached hydrogen (secondary N) is 2. The standard InChI is InChI=1S/C22H23ClFN3O3/c1-13(12-29)26-21-10-17-8-15(2-3-16(17)11-25-21)22(30)27-20(6-7-28)14-4-5-18(23)19(24)9-14/h2-5,8-11,13,20,28-29H,6-7,12H2,1H3,(H,25,26)(H,27,30)/t13-,20+/m0/s1. The number of nitrogens with zero attached hydrogens (tertiary/aromatic N) is 1. The first-order valence-electron chi connectivity index (χ1n) is 9.55. The lowest BCUT2D eigenvalue weighted by atomic mass is 10.0. The number of carbonyl (C=O) groups is 1. The molecule has 3 aromatic rings. The average Bonchev–Trinajstić information content (AvgIpc) is 2.74. The number of anilines is 1. The Morgan fingerprint density at radius 2 is 1.97 bits per heavy atom. The molecule has 158 valence electrons. The molecule has 0 fully saturated rings. The third kappa shape index (κ3) is 5.24. The van der Waals surface area contributed by atoms with Crippen LogP contribution >= 0.6 is 11.6 Å². The summed E-state index contributed by atoms with van der Waals surface area (Å²) in [6.45, 7) is 1.63. The number of aliphatic hydroxyl groups is 2. The number of carbonyl (C=O) groups excluding carboxylic acids is 1. The quantitative estimate of drug-likeness (QED) is 0.436. The van der Waals surface area contributed by atoms with Gasteiger partial charge in [0.1, 0.15) is 11.6 Å². The highest BCUT2D eigenvalue weighted by atomic mass is 35.5. The van der Waals surface area contributed by atoms with Gasteiger partial charge in [-0.15, -0.1) is 0 Å². The summed E-state index contributed by atoms with van der Waals surface area (Å²) in [5.41, 5.74) is 0.945. The molecule has 1 heterocycles. The number of hydrogen-bond acceptors (Lipinski definition) is 5. The van der Waals surface area contributed by atoms with Crippen molar-refractivity contribution in [3.05, 3.63) is 70.6 Å². The molecule has 8 heteroatoms. The normalized spacial score (nSPS) is 13.1. The van der Waals surface area contributed by atoms with E-state index in [-0.39, 0.29) is 36.6 Å². The number of benzene rings is 2. The van der Waals surface area contributed by atoms with Gasteiger partial charge in [0.05, 0.1) is 17.7 Å². The van der Waals surface area contributed by atoms with Crippen LogP contribution in [0.3, 0.4) is 0 Å². The van der Waals surface area contributed by atoms with Crippen LogP contribution in [0, 0.1) is 5.82 Å². The molecule has 0 aliphatic heterocycles. The number of aromatic nitrogens is 1. The monoisotopic (exact) mass is 431 g/mol. The molecule has 4 N–H and O–H groups in total. The van der Waals surface area contributed by atoms with Crippen molar-refractivity contribution < 1.29 is 19.4 Å². The van der Waals surface area contributed by atoms with E-state index in [1.807, 2.05) is 6.92 Å². The molecule has 6 nitrogen and oxygen atoms in total. The molecule has 0 spiro atoms. The highest BCUT2D eigenvalue weighted by Crippen LogP contribution is 2.24. The first kappa shape index (κ1) is 22.0. The minimum absolute atomic E-state index is 0.00380. The van der Waals surface area contributed by atoms with Gasteiger partial charge in [-0.1, -0.05) is 23.7 Å². The van der Waals surface area contributed by atoms with Crippen molar-refractivity contribution in [2.75, 3.05) is 18.5 Å². The first-order chi connectivity index (χ1) is 14.4. The van der Waals surface area contributed by atoms with Crippen LogP contribution in [0.4, 0.5) is 10.2 Å². The molecule has 0 unspecified atom stereocenters. The number of rotatable bonds is 8. The van der Waals surface area contributed by atoms with Crippen LogP contribution in [0.1, 0.15) is 35.3 Å². The molecule has 0 saturated carbocycles. The smallest absolute Gasteiger partial charge is 0.251 e. The Balaban J connectivity index is 1.83. The number of fused-ring (bicyclic) bond motifs is 1. The Hall–Kier alpha value is -2.74. The molecule has 0 bridgehead atoms. The van der Waals surface area contributed by atoms with Crippen LogP contribution in [0.5, 0.6) is 0 Å². The van der Waals surface area contributed by atoms with E-state index >= 15 is 0 Å². The van der Waals surface area contributed by atoms with E-state index in [1.165, 1.54) is 12.1 Å². The fraction of sp³-hybridized carbons (Fsp3) is 0.273. The summed E-state index contributed by atoms with van der Waals surface area (Å²) in [6.07, 6.45) is 1.92. The molecule has 2 atom stereocenters. The lowest BCUT2D eigenvalue weighted by Crippen LogP contribution is -2.29. The minimum atomic E-state index is -0.582. The molecule has 0 aliphatic rings. The third-order valence-corrected chi connectivity index (χ3v) is 5.03. The summed E-state index contributed by atoms with van der Waals surface area (Å²) in [7, 11) is 0. The maximum Gasteiger partial charge on any atom is 0.251 e. The fourth-order valence-corrected chi connectivity index (χ4v) is 3.20. The number of halogens is 2. The number of hydrogen-bond donors (Lipinski definition) is 4. The Morgan fingerprint density at radius 3 is 2.67 bits per heavy atom. The highest BCUT2D eigenvalue weighted by molar-refractivity contribution is 6.30. The van der Waals surface area contributed by atoms with Gasteiger partial charge in [0.2, 0.25) is 0 Å². The van der Waals surface area contributed by atoms with Gasteiger partial charge < -0.3 is 20.8 Å². The third-order valence-electron chi connectivity index (χ3n) is 4.72. The van der Waals surface area contributed by atoms with Crippen LogP contribution in [0.15, 0.2) is 48.7 Å². The van der Waals surface area contributed by atoms with Crippen molar-refractivity contribution in [3.63, 3.8) is 0 Å². The Bertz CT molecular complexity index is 1050. The first-order valence-corrected chi connectivity index (χ1v) is 9.93. The Morgan fingerprint density at radius 1 is 1.17 bits per heavy atom. The summed E-state index contributed by atoms with van der Waals surface area (Å²) in [6, 6.07) is 10.6. The van der Waals surface area contributed by atoms with Gasteiger partial charge in [0.25, 0.3) is 5.91 Å². The van der Waals surface area contributed by atoms with E-state index in [0.717, 1.165) is 10.8 Å². The molecular weight excluding hydrogens is 409 g/mol. The molecule has 1 amide bonds. The fourth-order valence-electron chi connectivity index (χ4n) is 3.08. The van der Waals surface area contributed by atoms with Gasteiger partial charge >= 0.3 is 0 Å². The molecule has 0 radical (unpaired) electrons. The number of pyridine rings is 1. The number of aliphatic hydroxyl groups excluding tert-OH is 2. The molecular formula is C22H23ClFN3O3. The maximum absolute atomic E-state index is 13.8. The van der Waals surface area contributed by atoms with E-state index < -0.39 is 11.9 Å². The van der Waals surface area contributed by atoms with Crippen molar-refractivity contribution in [2.24, 2.45) is 0 Å². The van der Waals surface area contributed by atoms with Gasteiger partial charge in [-0.25, -0.2) is 9.37 Å².